The number of benzene rings is 1. The van der Waals surface area contributed by atoms with Crippen molar-refractivity contribution in [2.24, 2.45) is 28.8 Å². The lowest BCUT2D eigenvalue weighted by Crippen LogP contribution is -2.38. The number of hydrogen-bond donors (Lipinski definition) is 0. The fraction of sp³-hybridized carbons (Fsp3) is 0.421. The maximum Gasteiger partial charge on any atom is 0.254 e. The van der Waals surface area contributed by atoms with E-state index in [4.69, 9.17) is 9.47 Å². The first-order valence-electron chi connectivity index (χ1n) is 8.56. The van der Waals surface area contributed by atoms with Gasteiger partial charge >= 0.3 is 0 Å². The largest absolute Gasteiger partial charge is 0.493 e. The van der Waals surface area contributed by atoms with Crippen LogP contribution in [0.2, 0.25) is 0 Å². The molecule has 1 aromatic rings. The smallest absolute Gasteiger partial charge is 0.254 e. The molecule has 2 amide bonds. The number of halogens is 1. The molecular weight excluding hydrogens is 447 g/mol. The van der Waals surface area contributed by atoms with Gasteiger partial charge in [-0.05, 0) is 65.0 Å². The second-order valence-electron chi connectivity index (χ2n) is 6.81. The minimum atomic E-state index is -0.242. The van der Waals surface area contributed by atoms with Gasteiger partial charge in [-0.1, -0.05) is 12.2 Å². The molecule has 2 bridgehead atoms. The molecule has 0 N–H and O–H groups in total. The summed E-state index contributed by atoms with van der Waals surface area (Å²) in [6.07, 6.45) is 7.70. The molecule has 4 aliphatic rings. The Balaban J connectivity index is 1.61. The fourth-order valence-corrected chi connectivity index (χ4v) is 5.15. The van der Waals surface area contributed by atoms with Crippen molar-refractivity contribution in [3.8, 4) is 11.5 Å². The quantitative estimate of drug-likeness (QED) is 0.296. The van der Waals surface area contributed by atoms with Gasteiger partial charge in [-0.25, -0.2) is 0 Å². The van der Waals surface area contributed by atoms with E-state index >= 15 is 0 Å². The van der Waals surface area contributed by atoms with Crippen LogP contribution in [0.15, 0.2) is 29.4 Å². The van der Waals surface area contributed by atoms with Crippen molar-refractivity contribution in [3.05, 3.63) is 33.4 Å². The highest BCUT2D eigenvalue weighted by Crippen LogP contribution is 2.49. The molecule has 1 saturated heterocycles. The van der Waals surface area contributed by atoms with Crippen LogP contribution in [0.1, 0.15) is 18.4 Å². The summed E-state index contributed by atoms with van der Waals surface area (Å²) < 4.78 is 11.5. The van der Waals surface area contributed by atoms with E-state index in [9.17, 15) is 9.59 Å². The normalized spacial score (nSPS) is 29.6. The van der Waals surface area contributed by atoms with Gasteiger partial charge in [0.15, 0.2) is 11.5 Å². The summed E-state index contributed by atoms with van der Waals surface area (Å²) in [5.41, 5.74) is 0.739. The van der Waals surface area contributed by atoms with Crippen LogP contribution in [0.4, 0.5) is 0 Å². The Labute approximate surface area is 165 Å². The number of fused-ring (bicyclic) bond motifs is 1. The molecular formula is C19H19IN2O4. The molecule has 26 heavy (non-hydrogen) atoms. The van der Waals surface area contributed by atoms with Gasteiger partial charge in [-0.3, -0.25) is 9.59 Å². The van der Waals surface area contributed by atoms with Gasteiger partial charge in [0.05, 0.1) is 35.8 Å². The summed E-state index contributed by atoms with van der Waals surface area (Å²) in [7, 11) is 3.15. The molecule has 0 radical (unpaired) electrons. The van der Waals surface area contributed by atoms with E-state index in [2.05, 4.69) is 39.8 Å². The highest BCUT2D eigenvalue weighted by Gasteiger charge is 2.56. The third-order valence-electron chi connectivity index (χ3n) is 5.51. The molecule has 3 aliphatic carbocycles. The predicted molar refractivity (Wildman–Crippen MR) is 104 cm³/mol. The van der Waals surface area contributed by atoms with Crippen molar-refractivity contribution >= 4 is 40.6 Å². The highest BCUT2D eigenvalue weighted by molar-refractivity contribution is 14.1. The van der Waals surface area contributed by atoms with Crippen LogP contribution in [-0.2, 0) is 9.59 Å². The lowest BCUT2D eigenvalue weighted by atomic mass is 9.63. The number of nitrogens with zero attached hydrogens (tertiary/aromatic N) is 2. The fourth-order valence-electron chi connectivity index (χ4n) is 4.31. The van der Waals surface area contributed by atoms with E-state index in [0.29, 0.717) is 11.5 Å². The van der Waals surface area contributed by atoms with Gasteiger partial charge in [0, 0.05) is 0 Å². The summed E-state index contributed by atoms with van der Waals surface area (Å²) in [5, 5.41) is 5.30. The van der Waals surface area contributed by atoms with Gasteiger partial charge in [-0.15, -0.1) is 0 Å². The van der Waals surface area contributed by atoms with Gasteiger partial charge in [0.2, 0.25) is 0 Å². The number of amides is 2. The number of rotatable bonds is 4. The molecule has 136 valence electrons. The first kappa shape index (κ1) is 17.5. The second kappa shape index (κ2) is 6.68. The Morgan fingerprint density at radius 1 is 1.08 bits per heavy atom. The standard InChI is InChI=1S/C19H19IN2O4/c1-25-14-8-10(7-13(20)17(14)26-2)9-21-22-18(23)15-11-3-4-12(6-5-11)16(15)19(22)24/h3-4,7-9,11-12,15-16H,5-6H2,1-2H3/b21-9-/t11-,12-,15+,16+/m0/s1. The maximum atomic E-state index is 12.8. The van der Waals surface area contributed by atoms with Crippen LogP contribution >= 0.6 is 22.6 Å². The zero-order valence-corrected chi connectivity index (χ0v) is 16.7. The van der Waals surface area contributed by atoms with Gasteiger partial charge in [-0.2, -0.15) is 10.1 Å². The molecule has 2 fully saturated rings. The Hall–Kier alpha value is -1.90. The first-order valence-corrected chi connectivity index (χ1v) is 9.64. The van der Waals surface area contributed by atoms with E-state index in [0.717, 1.165) is 27.0 Å². The van der Waals surface area contributed by atoms with Crippen LogP contribution in [0, 0.1) is 27.2 Å². The van der Waals surface area contributed by atoms with Crippen LogP contribution < -0.4 is 9.47 Å². The lowest BCUT2D eigenvalue weighted by Gasteiger charge is -2.37. The number of allylic oxidation sites excluding steroid dienone is 2. The summed E-state index contributed by atoms with van der Waals surface area (Å²) in [6.45, 7) is 0. The Bertz CT molecular complexity index is 803. The third-order valence-corrected chi connectivity index (χ3v) is 6.32. The van der Waals surface area contributed by atoms with E-state index in [-0.39, 0.29) is 35.5 Å². The molecule has 0 unspecified atom stereocenters. The monoisotopic (exact) mass is 466 g/mol. The molecule has 1 aliphatic heterocycles. The second-order valence-corrected chi connectivity index (χ2v) is 7.97. The molecule has 6 nitrogen and oxygen atoms in total. The Morgan fingerprint density at radius 3 is 2.19 bits per heavy atom. The van der Waals surface area contributed by atoms with Gasteiger partial charge in [0.1, 0.15) is 0 Å². The number of hydrogen-bond acceptors (Lipinski definition) is 5. The number of imide groups is 1. The van der Waals surface area contributed by atoms with E-state index in [1.54, 1.807) is 20.3 Å². The number of carbonyl (C=O) groups excluding carboxylic acids is 2. The van der Waals surface area contributed by atoms with E-state index in [1.165, 1.54) is 6.21 Å². The van der Waals surface area contributed by atoms with Crippen molar-refractivity contribution in [3.63, 3.8) is 0 Å². The molecule has 0 aromatic heterocycles. The minimum Gasteiger partial charge on any atom is -0.493 e. The molecule has 1 heterocycles. The first-order chi connectivity index (χ1) is 12.5. The van der Waals surface area contributed by atoms with Gasteiger partial charge in [0.25, 0.3) is 11.8 Å². The Morgan fingerprint density at radius 2 is 1.69 bits per heavy atom. The van der Waals surface area contributed by atoms with Crippen molar-refractivity contribution < 1.29 is 19.1 Å². The third kappa shape index (κ3) is 2.64. The average Bonchev–Trinajstić information content (AvgIpc) is 2.93. The molecule has 7 heteroatoms. The molecule has 5 rings (SSSR count). The number of hydrazone groups is 1. The van der Waals surface area contributed by atoms with E-state index in [1.807, 2.05) is 6.07 Å². The van der Waals surface area contributed by atoms with Gasteiger partial charge < -0.3 is 9.47 Å². The van der Waals surface area contributed by atoms with Crippen LogP contribution in [0.5, 0.6) is 11.5 Å². The Kier molecular flexibility index (Phi) is 4.50. The number of methoxy groups -OCH3 is 2. The van der Waals surface area contributed by atoms with Crippen molar-refractivity contribution in [2.45, 2.75) is 12.8 Å². The summed E-state index contributed by atoms with van der Waals surface area (Å²) in [4.78, 5) is 25.5. The summed E-state index contributed by atoms with van der Waals surface area (Å²) >= 11 is 2.15. The summed E-state index contributed by atoms with van der Waals surface area (Å²) in [6, 6.07) is 3.64. The topological polar surface area (TPSA) is 68.2 Å². The van der Waals surface area contributed by atoms with Crippen molar-refractivity contribution in [2.75, 3.05) is 14.2 Å². The number of ether oxygens (including phenoxy) is 2. The van der Waals surface area contributed by atoms with Crippen molar-refractivity contribution in [1.82, 2.24) is 5.01 Å². The van der Waals surface area contributed by atoms with Crippen LogP contribution in [-0.4, -0.2) is 37.3 Å². The minimum absolute atomic E-state index is 0.170. The van der Waals surface area contributed by atoms with Crippen molar-refractivity contribution in [1.29, 1.82) is 0 Å². The average molecular weight is 466 g/mol. The highest BCUT2D eigenvalue weighted by atomic mass is 127. The van der Waals surface area contributed by atoms with Crippen LogP contribution in [0.25, 0.3) is 0 Å². The number of carbonyl (C=O) groups is 2. The van der Waals surface area contributed by atoms with E-state index < -0.39 is 0 Å². The zero-order valence-electron chi connectivity index (χ0n) is 14.5. The SMILES string of the molecule is COc1cc(/C=N\N2C(=O)[C@H]3[C@H](C2=O)[C@H]2C=C[C@H]3CC2)cc(I)c1OC. The summed E-state index contributed by atoms with van der Waals surface area (Å²) in [5.74, 6) is 0.731. The predicted octanol–water partition coefficient (Wildman–Crippen LogP) is 2.84. The molecule has 1 aromatic carbocycles. The zero-order chi connectivity index (χ0) is 18.4. The lowest BCUT2D eigenvalue weighted by molar-refractivity contribution is -0.140. The molecule has 4 atom stereocenters. The molecule has 1 saturated carbocycles. The van der Waals surface area contributed by atoms with Crippen LogP contribution in [0.3, 0.4) is 0 Å². The maximum absolute atomic E-state index is 12.8. The molecule has 0 spiro atoms.